The maximum atomic E-state index is 13.2. The van der Waals surface area contributed by atoms with Crippen LogP contribution >= 0.6 is 23.2 Å². The Bertz CT molecular complexity index is 1230. The van der Waals surface area contributed by atoms with E-state index in [-0.39, 0.29) is 17.9 Å². The summed E-state index contributed by atoms with van der Waals surface area (Å²) in [6, 6.07) is 5.16. The Labute approximate surface area is 207 Å². The lowest BCUT2D eigenvalue weighted by molar-refractivity contribution is -0.151. The zero-order chi connectivity index (χ0) is 23.8. The fraction of sp³-hybridized carbons (Fsp3) is 0.417. The molecule has 0 radical (unpaired) electrons. The summed E-state index contributed by atoms with van der Waals surface area (Å²) in [6.07, 6.45) is 8.89. The molecular formula is C24H25Cl2N5O3. The van der Waals surface area contributed by atoms with Crippen LogP contribution in [0.5, 0.6) is 0 Å². The highest BCUT2D eigenvalue weighted by atomic mass is 35.5. The second-order valence-electron chi connectivity index (χ2n) is 8.69. The fourth-order valence-electron chi connectivity index (χ4n) is 5.08. The first kappa shape index (κ1) is 22.9. The molecule has 4 heterocycles. The van der Waals surface area contributed by atoms with E-state index in [9.17, 15) is 9.59 Å². The normalized spacial score (nSPS) is 20.3. The smallest absolute Gasteiger partial charge is 0.328 e. The van der Waals surface area contributed by atoms with Gasteiger partial charge in [0.15, 0.2) is 0 Å². The van der Waals surface area contributed by atoms with E-state index in [1.54, 1.807) is 23.5 Å². The van der Waals surface area contributed by atoms with Crippen LogP contribution in [0.15, 0.2) is 36.9 Å². The van der Waals surface area contributed by atoms with Gasteiger partial charge in [-0.2, -0.15) is 0 Å². The van der Waals surface area contributed by atoms with Gasteiger partial charge >= 0.3 is 5.97 Å². The van der Waals surface area contributed by atoms with Crippen LogP contribution < -0.4 is 4.90 Å². The Morgan fingerprint density at radius 1 is 1.18 bits per heavy atom. The van der Waals surface area contributed by atoms with E-state index >= 15 is 0 Å². The van der Waals surface area contributed by atoms with Gasteiger partial charge in [-0.3, -0.25) is 4.79 Å². The largest absolute Gasteiger partial charge is 0.467 e. The molecule has 0 saturated carbocycles. The van der Waals surface area contributed by atoms with Gasteiger partial charge in [-0.05, 0) is 37.8 Å². The number of pyridine rings is 1. The molecular weight excluding hydrogens is 477 g/mol. The number of methoxy groups -OCH3 is 1. The van der Waals surface area contributed by atoms with Crippen LogP contribution in [-0.2, 0) is 14.3 Å². The molecule has 8 nitrogen and oxygen atoms in total. The molecule has 1 amide bonds. The molecule has 2 saturated heterocycles. The number of carbonyl (C=O) groups excluding carboxylic acids is 2. The number of esters is 1. The minimum atomic E-state index is -0.486. The van der Waals surface area contributed by atoms with Crippen molar-refractivity contribution < 1.29 is 14.3 Å². The van der Waals surface area contributed by atoms with Crippen molar-refractivity contribution in [1.82, 2.24) is 19.4 Å². The molecule has 0 N–H and O–H groups in total. The minimum absolute atomic E-state index is 0.0232. The number of hydrogen-bond acceptors (Lipinski definition) is 6. The van der Waals surface area contributed by atoms with Crippen molar-refractivity contribution in [3.05, 3.63) is 47.0 Å². The second kappa shape index (κ2) is 9.43. The molecule has 1 aromatic carbocycles. The molecule has 2 atom stereocenters. The number of nitrogens with zero attached hydrogens (tertiary/aromatic N) is 5. The van der Waals surface area contributed by atoms with Crippen molar-refractivity contribution in [1.29, 1.82) is 0 Å². The lowest BCUT2D eigenvalue weighted by atomic mass is 10.1. The van der Waals surface area contributed by atoms with Gasteiger partial charge < -0.3 is 19.1 Å². The van der Waals surface area contributed by atoms with Crippen LogP contribution in [0.2, 0.25) is 10.0 Å². The number of benzene rings is 1. The summed E-state index contributed by atoms with van der Waals surface area (Å²) in [5, 5.41) is 1.69. The molecule has 178 valence electrons. The van der Waals surface area contributed by atoms with Gasteiger partial charge in [0.1, 0.15) is 11.9 Å². The third-order valence-electron chi connectivity index (χ3n) is 6.75. The number of likely N-dealkylation sites (tertiary alicyclic amines) is 1. The predicted molar refractivity (Wildman–Crippen MR) is 131 cm³/mol. The maximum Gasteiger partial charge on any atom is 0.328 e. The van der Waals surface area contributed by atoms with Gasteiger partial charge in [0.2, 0.25) is 5.91 Å². The second-order valence-corrected chi connectivity index (χ2v) is 9.47. The molecule has 0 aliphatic carbocycles. The third kappa shape index (κ3) is 4.09. The summed E-state index contributed by atoms with van der Waals surface area (Å²) in [5.74, 6) is 0.366. The molecule has 2 aliphatic heterocycles. The Morgan fingerprint density at radius 2 is 2.00 bits per heavy atom. The number of aromatic nitrogens is 3. The van der Waals surface area contributed by atoms with Gasteiger partial charge in [0.05, 0.1) is 34.7 Å². The third-order valence-corrected chi connectivity index (χ3v) is 7.54. The minimum Gasteiger partial charge on any atom is -0.467 e. The summed E-state index contributed by atoms with van der Waals surface area (Å²) in [5.41, 5.74) is 1.50. The Kier molecular flexibility index (Phi) is 6.36. The quantitative estimate of drug-likeness (QED) is 0.486. The number of imidazole rings is 1. The number of carbonyl (C=O) groups is 2. The summed E-state index contributed by atoms with van der Waals surface area (Å²) < 4.78 is 6.82. The van der Waals surface area contributed by atoms with Crippen molar-refractivity contribution in [3.8, 4) is 5.69 Å². The van der Waals surface area contributed by atoms with Crippen LogP contribution in [0, 0.1) is 0 Å². The standard InChI is InChI=1S/C24H25Cl2N5O3/c1-34-24(33)18-5-3-10-31(18)21(32)12-15-4-2-9-30(15)20-13-19(29-11-8-27-14-29)16-6-7-17(25)22(26)23(16)28-20/h6-8,11,13-15,18H,2-5,9-10,12H2,1H3/t15-,18+/m0/s1. The summed E-state index contributed by atoms with van der Waals surface area (Å²) >= 11 is 12.9. The number of halogens is 2. The Morgan fingerprint density at radius 3 is 2.76 bits per heavy atom. The molecule has 34 heavy (non-hydrogen) atoms. The van der Waals surface area contributed by atoms with Crippen molar-refractivity contribution in [2.24, 2.45) is 0 Å². The summed E-state index contributed by atoms with van der Waals surface area (Å²) in [6.45, 7) is 1.36. The molecule has 0 bridgehead atoms. The number of ether oxygens (including phenoxy) is 1. The maximum absolute atomic E-state index is 13.2. The van der Waals surface area contributed by atoms with Crippen molar-refractivity contribution >= 4 is 51.8 Å². The summed E-state index contributed by atoms with van der Waals surface area (Å²) in [7, 11) is 1.36. The number of rotatable bonds is 5. The number of amides is 1. The highest BCUT2D eigenvalue weighted by Gasteiger charge is 2.37. The Hall–Kier alpha value is -2.84. The van der Waals surface area contributed by atoms with Gasteiger partial charge in [0, 0.05) is 49.4 Å². The van der Waals surface area contributed by atoms with Crippen molar-refractivity contribution in [2.45, 2.75) is 44.2 Å². The molecule has 2 aromatic heterocycles. The fourth-order valence-corrected chi connectivity index (χ4v) is 5.44. The number of fused-ring (bicyclic) bond motifs is 1. The lowest BCUT2D eigenvalue weighted by Gasteiger charge is -2.29. The van der Waals surface area contributed by atoms with Crippen molar-refractivity contribution in [2.75, 3.05) is 25.1 Å². The molecule has 2 fully saturated rings. The van der Waals surface area contributed by atoms with E-state index < -0.39 is 6.04 Å². The summed E-state index contributed by atoms with van der Waals surface area (Å²) in [4.78, 5) is 38.2. The first-order valence-corrected chi connectivity index (χ1v) is 12.1. The molecule has 0 unspecified atom stereocenters. The monoisotopic (exact) mass is 501 g/mol. The first-order valence-electron chi connectivity index (χ1n) is 11.4. The number of hydrogen-bond donors (Lipinski definition) is 0. The predicted octanol–water partition coefficient (Wildman–Crippen LogP) is 4.25. The van der Waals surface area contributed by atoms with E-state index in [2.05, 4.69) is 9.88 Å². The average molecular weight is 502 g/mol. The van der Waals surface area contributed by atoms with Crippen LogP contribution in [0.1, 0.15) is 32.1 Å². The van der Waals surface area contributed by atoms with Gasteiger partial charge in [-0.1, -0.05) is 23.2 Å². The zero-order valence-corrected chi connectivity index (χ0v) is 20.3. The molecule has 3 aromatic rings. The molecule has 10 heteroatoms. The SMILES string of the molecule is COC(=O)[C@H]1CCCN1C(=O)C[C@@H]1CCCN1c1cc(-n2ccnc2)c2ccc(Cl)c(Cl)c2n1. The van der Waals surface area contributed by atoms with Gasteiger partial charge in [-0.25, -0.2) is 14.8 Å². The van der Waals surface area contributed by atoms with E-state index in [1.807, 2.05) is 22.9 Å². The van der Waals surface area contributed by atoms with E-state index in [1.165, 1.54) is 7.11 Å². The first-order chi connectivity index (χ1) is 16.5. The lowest BCUT2D eigenvalue weighted by Crippen LogP contribution is -2.44. The molecule has 2 aliphatic rings. The van der Waals surface area contributed by atoms with Crippen LogP contribution in [0.25, 0.3) is 16.6 Å². The van der Waals surface area contributed by atoms with E-state index in [0.29, 0.717) is 34.9 Å². The molecule has 5 rings (SSSR count). The average Bonchev–Trinajstić information content (AvgIpc) is 3.62. The van der Waals surface area contributed by atoms with E-state index in [4.69, 9.17) is 32.9 Å². The van der Waals surface area contributed by atoms with Gasteiger partial charge in [-0.15, -0.1) is 0 Å². The van der Waals surface area contributed by atoms with E-state index in [0.717, 1.165) is 42.7 Å². The highest BCUT2D eigenvalue weighted by Crippen LogP contribution is 2.37. The molecule has 0 spiro atoms. The van der Waals surface area contributed by atoms with Crippen LogP contribution in [0.3, 0.4) is 0 Å². The zero-order valence-electron chi connectivity index (χ0n) is 18.8. The highest BCUT2D eigenvalue weighted by molar-refractivity contribution is 6.45. The van der Waals surface area contributed by atoms with Gasteiger partial charge in [0.25, 0.3) is 0 Å². The van der Waals surface area contributed by atoms with Crippen molar-refractivity contribution in [3.63, 3.8) is 0 Å². The number of anilines is 1. The van der Waals surface area contributed by atoms with Crippen LogP contribution in [0.4, 0.5) is 5.82 Å². The topological polar surface area (TPSA) is 80.6 Å². The Balaban J connectivity index is 1.48. The van der Waals surface area contributed by atoms with Crippen LogP contribution in [-0.4, -0.2) is 63.6 Å².